The minimum absolute atomic E-state index is 0.0897. The molecule has 3 aromatic rings. The van der Waals surface area contributed by atoms with Gasteiger partial charge in [0.05, 0.1) is 24.1 Å². The molecular weight excluding hydrogens is 408 g/mol. The molecule has 0 saturated carbocycles. The molecule has 1 aromatic heterocycles. The SMILES string of the molecule is O=C(c1ccc2c(=O)n3c(nc2c1)CCN(Cc1ccccc1)CC3)N(CCO)CCO. The van der Waals surface area contributed by atoms with Gasteiger partial charge in [0.2, 0.25) is 0 Å². The lowest BCUT2D eigenvalue weighted by molar-refractivity contribution is 0.0685. The highest BCUT2D eigenvalue weighted by molar-refractivity contribution is 5.97. The zero-order chi connectivity index (χ0) is 22.5. The molecule has 0 bridgehead atoms. The van der Waals surface area contributed by atoms with Crippen molar-refractivity contribution in [3.8, 4) is 0 Å². The van der Waals surface area contributed by atoms with E-state index in [9.17, 15) is 19.8 Å². The van der Waals surface area contributed by atoms with Crippen LogP contribution in [-0.2, 0) is 19.5 Å². The summed E-state index contributed by atoms with van der Waals surface area (Å²) in [5.41, 5.74) is 2.03. The maximum atomic E-state index is 13.2. The molecule has 32 heavy (non-hydrogen) atoms. The van der Waals surface area contributed by atoms with Crippen LogP contribution >= 0.6 is 0 Å². The van der Waals surface area contributed by atoms with Gasteiger partial charge < -0.3 is 15.1 Å². The van der Waals surface area contributed by atoms with Crippen LogP contribution in [0.15, 0.2) is 53.3 Å². The van der Waals surface area contributed by atoms with Crippen molar-refractivity contribution in [2.45, 2.75) is 19.5 Å². The van der Waals surface area contributed by atoms with E-state index >= 15 is 0 Å². The third kappa shape index (κ3) is 4.72. The zero-order valence-electron chi connectivity index (χ0n) is 18.0. The molecule has 1 aliphatic heterocycles. The summed E-state index contributed by atoms with van der Waals surface area (Å²) in [4.78, 5) is 34.4. The normalized spacial score (nSPS) is 14.2. The Morgan fingerprint density at radius 2 is 1.75 bits per heavy atom. The van der Waals surface area contributed by atoms with Crippen molar-refractivity contribution >= 4 is 16.8 Å². The molecule has 1 aliphatic rings. The van der Waals surface area contributed by atoms with E-state index in [2.05, 4.69) is 17.0 Å². The van der Waals surface area contributed by atoms with Crippen LogP contribution in [0.25, 0.3) is 10.9 Å². The van der Waals surface area contributed by atoms with E-state index in [0.717, 1.165) is 25.5 Å². The number of aliphatic hydroxyl groups is 2. The average Bonchev–Trinajstić information content (AvgIpc) is 3.01. The molecule has 0 atom stereocenters. The van der Waals surface area contributed by atoms with Crippen LogP contribution in [0.3, 0.4) is 0 Å². The standard InChI is InChI=1S/C24H28N4O4/c29-14-12-27(13-15-30)23(31)19-6-7-20-21(16-19)25-22-8-9-26(10-11-28(22)24(20)32)17-18-4-2-1-3-5-18/h1-7,16,29-30H,8-15,17H2. The average molecular weight is 437 g/mol. The van der Waals surface area contributed by atoms with Crippen LogP contribution < -0.4 is 5.56 Å². The van der Waals surface area contributed by atoms with Gasteiger partial charge in [-0.25, -0.2) is 4.98 Å². The fourth-order valence-electron chi connectivity index (χ4n) is 4.17. The summed E-state index contributed by atoms with van der Waals surface area (Å²) >= 11 is 0. The molecule has 0 radical (unpaired) electrons. The molecule has 168 valence electrons. The lowest BCUT2D eigenvalue weighted by Crippen LogP contribution is -2.36. The second-order valence-electron chi connectivity index (χ2n) is 7.97. The lowest BCUT2D eigenvalue weighted by atomic mass is 10.1. The highest BCUT2D eigenvalue weighted by Crippen LogP contribution is 2.16. The number of carbonyl (C=O) groups is 1. The summed E-state index contributed by atoms with van der Waals surface area (Å²) in [6.07, 6.45) is 0.650. The van der Waals surface area contributed by atoms with Crippen molar-refractivity contribution in [3.63, 3.8) is 0 Å². The number of nitrogens with zero attached hydrogens (tertiary/aromatic N) is 4. The molecule has 0 aliphatic carbocycles. The summed E-state index contributed by atoms with van der Waals surface area (Å²) < 4.78 is 1.75. The summed E-state index contributed by atoms with van der Waals surface area (Å²) in [7, 11) is 0. The first-order valence-corrected chi connectivity index (χ1v) is 10.9. The third-order valence-electron chi connectivity index (χ3n) is 5.85. The van der Waals surface area contributed by atoms with Gasteiger partial charge in [0.25, 0.3) is 11.5 Å². The molecule has 8 nitrogen and oxygen atoms in total. The molecule has 0 fully saturated rings. The maximum Gasteiger partial charge on any atom is 0.261 e. The molecule has 2 heterocycles. The van der Waals surface area contributed by atoms with Crippen molar-refractivity contribution in [1.29, 1.82) is 0 Å². The van der Waals surface area contributed by atoms with Crippen LogP contribution in [0.4, 0.5) is 0 Å². The fraction of sp³-hybridized carbons (Fsp3) is 0.375. The Balaban J connectivity index is 1.60. The van der Waals surface area contributed by atoms with Crippen LogP contribution in [0.1, 0.15) is 21.7 Å². The van der Waals surface area contributed by atoms with Gasteiger partial charge in [-0.3, -0.25) is 19.1 Å². The molecule has 0 unspecified atom stereocenters. The second-order valence-corrected chi connectivity index (χ2v) is 7.97. The van der Waals surface area contributed by atoms with Crippen LogP contribution in [0.5, 0.6) is 0 Å². The number of benzene rings is 2. The quantitative estimate of drug-likeness (QED) is 0.571. The van der Waals surface area contributed by atoms with Crippen molar-refractivity contribution in [2.75, 3.05) is 39.4 Å². The fourth-order valence-corrected chi connectivity index (χ4v) is 4.17. The van der Waals surface area contributed by atoms with Crippen LogP contribution in [0.2, 0.25) is 0 Å². The van der Waals surface area contributed by atoms with E-state index in [-0.39, 0.29) is 37.8 Å². The number of hydrogen-bond acceptors (Lipinski definition) is 6. The smallest absolute Gasteiger partial charge is 0.261 e. The third-order valence-corrected chi connectivity index (χ3v) is 5.85. The van der Waals surface area contributed by atoms with Gasteiger partial charge in [0.1, 0.15) is 5.82 Å². The predicted octanol–water partition coefficient (Wildman–Crippen LogP) is 0.882. The molecule has 8 heteroatoms. The molecule has 2 aromatic carbocycles. The minimum Gasteiger partial charge on any atom is -0.395 e. The molecule has 4 rings (SSSR count). The largest absolute Gasteiger partial charge is 0.395 e. The van der Waals surface area contributed by atoms with Gasteiger partial charge in [-0.15, -0.1) is 0 Å². The number of hydrogen-bond donors (Lipinski definition) is 2. The second kappa shape index (κ2) is 10.0. The Labute approximate surface area is 186 Å². The highest BCUT2D eigenvalue weighted by atomic mass is 16.3. The van der Waals surface area contributed by atoms with Gasteiger partial charge in [-0.05, 0) is 23.8 Å². The Hall–Kier alpha value is -3.07. The summed E-state index contributed by atoms with van der Waals surface area (Å²) in [6.45, 7) is 2.86. The predicted molar refractivity (Wildman–Crippen MR) is 122 cm³/mol. The Morgan fingerprint density at radius 1 is 1.00 bits per heavy atom. The van der Waals surface area contributed by atoms with Crippen molar-refractivity contribution in [2.24, 2.45) is 0 Å². The number of carbonyl (C=O) groups excluding carboxylic acids is 1. The van der Waals surface area contributed by atoms with E-state index < -0.39 is 0 Å². The first kappa shape index (κ1) is 22.1. The first-order valence-electron chi connectivity index (χ1n) is 10.9. The topological polar surface area (TPSA) is 98.9 Å². The van der Waals surface area contributed by atoms with Crippen molar-refractivity contribution in [3.05, 3.63) is 75.8 Å². The Morgan fingerprint density at radius 3 is 2.47 bits per heavy atom. The molecule has 0 spiro atoms. The number of fused-ring (bicyclic) bond motifs is 2. The number of rotatable bonds is 7. The van der Waals surface area contributed by atoms with Gasteiger partial charge >= 0.3 is 0 Å². The maximum absolute atomic E-state index is 13.2. The van der Waals surface area contributed by atoms with E-state index in [4.69, 9.17) is 4.98 Å². The van der Waals surface area contributed by atoms with Gasteiger partial charge in [-0.2, -0.15) is 0 Å². The number of amides is 1. The van der Waals surface area contributed by atoms with Gasteiger partial charge in [0, 0.05) is 51.3 Å². The van der Waals surface area contributed by atoms with Crippen molar-refractivity contribution < 1.29 is 15.0 Å². The van der Waals surface area contributed by atoms with E-state index in [1.54, 1.807) is 22.8 Å². The summed E-state index contributed by atoms with van der Waals surface area (Å²) in [6, 6.07) is 15.2. The van der Waals surface area contributed by atoms with E-state index in [0.29, 0.717) is 29.4 Å². The van der Waals surface area contributed by atoms with Gasteiger partial charge in [0.15, 0.2) is 0 Å². The van der Waals surface area contributed by atoms with E-state index in [1.807, 2.05) is 18.2 Å². The summed E-state index contributed by atoms with van der Waals surface area (Å²) in [5, 5.41) is 18.9. The minimum atomic E-state index is -0.305. The van der Waals surface area contributed by atoms with Crippen LogP contribution in [-0.4, -0.2) is 74.9 Å². The number of aliphatic hydroxyl groups excluding tert-OH is 2. The first-order chi connectivity index (χ1) is 15.6. The number of aromatic nitrogens is 2. The van der Waals surface area contributed by atoms with Crippen LogP contribution in [0, 0.1) is 0 Å². The van der Waals surface area contributed by atoms with E-state index in [1.165, 1.54) is 10.5 Å². The molecule has 2 N–H and O–H groups in total. The summed E-state index contributed by atoms with van der Waals surface area (Å²) in [5.74, 6) is 0.422. The van der Waals surface area contributed by atoms with Gasteiger partial charge in [-0.1, -0.05) is 30.3 Å². The Kier molecular flexibility index (Phi) is 6.94. The highest BCUT2D eigenvalue weighted by Gasteiger charge is 2.20. The molecule has 0 saturated heterocycles. The Bertz CT molecular complexity index is 1140. The lowest BCUT2D eigenvalue weighted by Gasteiger charge is -2.20. The van der Waals surface area contributed by atoms with Crippen molar-refractivity contribution in [1.82, 2.24) is 19.4 Å². The zero-order valence-corrected chi connectivity index (χ0v) is 18.0. The molecular formula is C24H28N4O4. The monoisotopic (exact) mass is 436 g/mol. The molecule has 1 amide bonds.